The van der Waals surface area contributed by atoms with Crippen LogP contribution in [0.4, 0.5) is 0 Å². The molecule has 0 aromatic carbocycles. The van der Waals surface area contributed by atoms with Crippen LogP contribution < -0.4 is 11.5 Å². The number of nitrogens with two attached hydrogens (primary N) is 2. The molecule has 0 spiro atoms. The van der Waals surface area contributed by atoms with Crippen LogP contribution in [-0.2, 0) is 0 Å². The van der Waals surface area contributed by atoms with Crippen molar-refractivity contribution in [1.82, 2.24) is 0 Å². The summed E-state index contributed by atoms with van der Waals surface area (Å²) in [5.41, 5.74) is 11.4. The highest BCUT2D eigenvalue weighted by atomic mass is 32.1. The molecule has 0 saturated carbocycles. The Labute approximate surface area is 124 Å². The zero-order valence-corrected chi connectivity index (χ0v) is 13.6. The quantitative estimate of drug-likeness (QED) is 0.329. The highest BCUT2D eigenvalue weighted by Crippen LogP contribution is 2.21. The Kier molecular flexibility index (Phi) is 13.1. The molecule has 0 heterocycles. The number of thiol groups is 2. The third-order valence-electron chi connectivity index (χ3n) is 3.41. The normalized spacial score (nSPS) is 16.5. The summed E-state index contributed by atoms with van der Waals surface area (Å²) in [6.45, 7) is 2.93. The minimum atomic E-state index is 0.282. The molecule has 0 aliphatic rings. The number of unbranched alkanes of at least 4 members (excludes halogenated alkanes) is 3. The lowest BCUT2D eigenvalue weighted by Gasteiger charge is -2.18. The van der Waals surface area contributed by atoms with Gasteiger partial charge in [0.15, 0.2) is 0 Å². The van der Waals surface area contributed by atoms with E-state index in [1.807, 2.05) is 0 Å². The molecular weight excluding hydrogens is 260 g/mol. The first-order valence-corrected chi connectivity index (χ1v) is 8.46. The molecular formula is C14H32N2S2. The van der Waals surface area contributed by atoms with E-state index in [1.54, 1.807) is 0 Å². The predicted octanol–water partition coefficient (Wildman–Crippen LogP) is 3.40. The molecule has 0 fully saturated rings. The molecule has 0 aliphatic heterocycles. The van der Waals surface area contributed by atoms with Crippen molar-refractivity contribution in [2.45, 2.75) is 81.3 Å². The number of hydrogen-bond acceptors (Lipinski definition) is 4. The van der Waals surface area contributed by atoms with Crippen LogP contribution in [0.2, 0.25) is 0 Å². The third-order valence-corrected chi connectivity index (χ3v) is 4.88. The van der Waals surface area contributed by atoms with Gasteiger partial charge in [-0.25, -0.2) is 0 Å². The van der Waals surface area contributed by atoms with Crippen molar-refractivity contribution in [3.05, 3.63) is 0 Å². The van der Waals surface area contributed by atoms with Gasteiger partial charge in [0.25, 0.3) is 0 Å². The average molecular weight is 293 g/mol. The van der Waals surface area contributed by atoms with Crippen LogP contribution in [-0.4, -0.2) is 23.1 Å². The van der Waals surface area contributed by atoms with E-state index >= 15 is 0 Å². The summed E-state index contributed by atoms with van der Waals surface area (Å²) >= 11 is 9.32. The maximum Gasteiger partial charge on any atom is 0.0133 e. The van der Waals surface area contributed by atoms with Crippen LogP contribution in [0, 0.1) is 0 Å². The maximum atomic E-state index is 5.93. The first-order chi connectivity index (χ1) is 8.61. The maximum absolute atomic E-state index is 5.93. The van der Waals surface area contributed by atoms with Gasteiger partial charge in [-0.15, -0.1) is 0 Å². The topological polar surface area (TPSA) is 52.0 Å². The van der Waals surface area contributed by atoms with Crippen LogP contribution >= 0.6 is 25.3 Å². The smallest absolute Gasteiger partial charge is 0.0133 e. The highest BCUT2D eigenvalue weighted by Gasteiger charge is 2.13. The van der Waals surface area contributed by atoms with Crippen LogP contribution in [0.25, 0.3) is 0 Å². The zero-order valence-electron chi connectivity index (χ0n) is 11.9. The summed E-state index contributed by atoms with van der Waals surface area (Å²) in [4.78, 5) is 0. The zero-order chi connectivity index (χ0) is 13.8. The molecule has 0 rings (SSSR count). The van der Waals surface area contributed by atoms with E-state index in [2.05, 4.69) is 32.2 Å². The number of hydrogen-bond donors (Lipinski definition) is 4. The summed E-state index contributed by atoms with van der Waals surface area (Å²) in [7, 11) is 0. The second-order valence-corrected chi connectivity index (χ2v) is 6.58. The summed E-state index contributed by atoms with van der Waals surface area (Å²) in [5.74, 6) is 0. The van der Waals surface area contributed by atoms with Gasteiger partial charge in [0.1, 0.15) is 0 Å². The molecule has 0 aliphatic carbocycles. The van der Waals surface area contributed by atoms with Crippen LogP contribution in [0.5, 0.6) is 0 Å². The van der Waals surface area contributed by atoms with E-state index in [1.165, 1.54) is 38.5 Å². The molecule has 3 atom stereocenters. The van der Waals surface area contributed by atoms with Crippen molar-refractivity contribution in [3.8, 4) is 0 Å². The lowest BCUT2D eigenvalue weighted by Crippen LogP contribution is -2.23. The van der Waals surface area contributed by atoms with Gasteiger partial charge in [0, 0.05) is 16.5 Å². The van der Waals surface area contributed by atoms with E-state index in [0.717, 1.165) is 19.3 Å². The van der Waals surface area contributed by atoms with E-state index in [9.17, 15) is 0 Å². The van der Waals surface area contributed by atoms with E-state index in [4.69, 9.17) is 11.5 Å². The molecule has 3 unspecified atom stereocenters. The van der Waals surface area contributed by atoms with Gasteiger partial charge in [-0.3, -0.25) is 0 Å². The molecule has 4 heteroatoms. The van der Waals surface area contributed by atoms with E-state index < -0.39 is 0 Å². The van der Waals surface area contributed by atoms with Crippen molar-refractivity contribution in [3.63, 3.8) is 0 Å². The van der Waals surface area contributed by atoms with Crippen molar-refractivity contribution in [1.29, 1.82) is 0 Å². The Hall–Kier alpha value is 0.620. The molecule has 2 nitrogen and oxygen atoms in total. The average Bonchev–Trinajstić information content (AvgIpc) is 2.35. The van der Waals surface area contributed by atoms with E-state index in [0.29, 0.717) is 17.0 Å². The SMILES string of the molecule is CCCCCC(S)C(S)CCCCC(N)CCN. The van der Waals surface area contributed by atoms with Gasteiger partial charge in [0.2, 0.25) is 0 Å². The minimum Gasteiger partial charge on any atom is -0.330 e. The highest BCUT2D eigenvalue weighted by molar-refractivity contribution is 7.85. The summed E-state index contributed by atoms with van der Waals surface area (Å²) < 4.78 is 0. The van der Waals surface area contributed by atoms with Gasteiger partial charge in [-0.1, -0.05) is 39.0 Å². The largest absolute Gasteiger partial charge is 0.330 e. The van der Waals surface area contributed by atoms with Crippen LogP contribution in [0.1, 0.15) is 64.7 Å². The molecule has 110 valence electrons. The molecule has 0 aromatic heterocycles. The van der Waals surface area contributed by atoms with Gasteiger partial charge in [-0.05, 0) is 32.2 Å². The van der Waals surface area contributed by atoms with Gasteiger partial charge >= 0.3 is 0 Å². The lowest BCUT2D eigenvalue weighted by molar-refractivity contribution is 0.518. The standard InChI is InChI=1S/C14H32N2S2/c1-2-3-4-8-13(17)14(18)9-6-5-7-12(16)10-11-15/h12-14,17-18H,2-11,15-16H2,1H3. The van der Waals surface area contributed by atoms with Crippen molar-refractivity contribution < 1.29 is 0 Å². The Morgan fingerprint density at radius 2 is 1.33 bits per heavy atom. The van der Waals surface area contributed by atoms with Gasteiger partial charge in [-0.2, -0.15) is 25.3 Å². The van der Waals surface area contributed by atoms with Crippen molar-refractivity contribution >= 4 is 25.3 Å². The number of rotatable bonds is 12. The molecule has 0 radical (unpaired) electrons. The predicted molar refractivity (Wildman–Crippen MR) is 89.8 cm³/mol. The van der Waals surface area contributed by atoms with Crippen molar-refractivity contribution in [2.75, 3.05) is 6.54 Å². The van der Waals surface area contributed by atoms with Crippen molar-refractivity contribution in [2.24, 2.45) is 11.5 Å². The fraction of sp³-hybridized carbons (Fsp3) is 1.00. The fourth-order valence-electron chi connectivity index (χ4n) is 2.11. The molecule has 18 heavy (non-hydrogen) atoms. The Morgan fingerprint density at radius 1 is 0.833 bits per heavy atom. The van der Waals surface area contributed by atoms with Gasteiger partial charge in [0.05, 0.1) is 0 Å². The monoisotopic (exact) mass is 292 g/mol. The van der Waals surface area contributed by atoms with E-state index in [-0.39, 0.29) is 6.04 Å². The molecule has 0 bridgehead atoms. The summed E-state index contributed by atoms with van der Waals surface area (Å²) in [6.07, 6.45) is 10.6. The fourth-order valence-corrected chi connectivity index (χ4v) is 2.77. The Balaban J connectivity index is 3.48. The first kappa shape index (κ1) is 18.6. The van der Waals surface area contributed by atoms with Crippen LogP contribution in [0.15, 0.2) is 0 Å². The Morgan fingerprint density at radius 3 is 1.83 bits per heavy atom. The van der Waals surface area contributed by atoms with Gasteiger partial charge < -0.3 is 11.5 Å². The molecule has 0 amide bonds. The summed E-state index contributed by atoms with van der Waals surface area (Å²) in [6, 6.07) is 0.282. The molecule has 0 saturated heterocycles. The second kappa shape index (κ2) is 12.6. The molecule has 4 N–H and O–H groups in total. The van der Waals surface area contributed by atoms with Crippen LogP contribution in [0.3, 0.4) is 0 Å². The first-order valence-electron chi connectivity index (χ1n) is 7.43. The molecule has 0 aromatic rings. The Bertz CT molecular complexity index is 179. The summed E-state index contributed by atoms with van der Waals surface area (Å²) in [5, 5.41) is 0.869. The third kappa shape index (κ3) is 10.5. The second-order valence-electron chi connectivity index (χ2n) is 5.25. The minimum absolute atomic E-state index is 0.282. The lowest BCUT2D eigenvalue weighted by atomic mass is 10.0.